The minimum absolute atomic E-state index is 0.216. The Kier molecular flexibility index (Phi) is 7.50. The second-order valence-corrected chi connectivity index (χ2v) is 5.08. The van der Waals surface area contributed by atoms with E-state index < -0.39 is 29.7 Å². The molecule has 0 saturated heterocycles. The molecule has 6 nitrogen and oxygen atoms in total. The lowest BCUT2D eigenvalue weighted by atomic mass is 9.79. The molecule has 1 rings (SSSR count). The number of carboxylic acid groups (broad SMARTS) is 1. The summed E-state index contributed by atoms with van der Waals surface area (Å²) in [5, 5.41) is 9.11. The van der Waals surface area contributed by atoms with Crippen molar-refractivity contribution in [1.29, 1.82) is 0 Å². The molecule has 1 aliphatic carbocycles. The van der Waals surface area contributed by atoms with Gasteiger partial charge in [-0.05, 0) is 25.7 Å². The van der Waals surface area contributed by atoms with Crippen LogP contribution in [0.4, 0.5) is 0 Å². The van der Waals surface area contributed by atoms with Gasteiger partial charge in [-0.2, -0.15) is 0 Å². The summed E-state index contributed by atoms with van der Waals surface area (Å²) >= 11 is 0. The van der Waals surface area contributed by atoms with Gasteiger partial charge < -0.3 is 14.6 Å². The molecule has 0 bridgehead atoms. The zero-order valence-corrected chi connectivity index (χ0v) is 12.1. The van der Waals surface area contributed by atoms with Crippen LogP contribution in [0, 0.1) is 11.8 Å². The SMILES string of the molecule is C=CC(=O)OCCCCOC(=O)C1CCCCC1C(=O)O. The minimum Gasteiger partial charge on any atom is -0.481 e. The van der Waals surface area contributed by atoms with Crippen molar-refractivity contribution in [2.24, 2.45) is 11.8 Å². The Morgan fingerprint density at radius 1 is 1.05 bits per heavy atom. The number of carbonyl (C=O) groups is 3. The molecule has 0 heterocycles. The molecule has 0 amide bonds. The lowest BCUT2D eigenvalue weighted by Crippen LogP contribution is -2.34. The number of unbranched alkanes of at least 4 members (excludes halogenated alkanes) is 1. The van der Waals surface area contributed by atoms with Gasteiger partial charge in [-0.15, -0.1) is 0 Å². The van der Waals surface area contributed by atoms with Crippen molar-refractivity contribution in [2.75, 3.05) is 13.2 Å². The molecule has 0 radical (unpaired) electrons. The van der Waals surface area contributed by atoms with Gasteiger partial charge in [0, 0.05) is 6.08 Å². The van der Waals surface area contributed by atoms with Crippen LogP contribution in [0.5, 0.6) is 0 Å². The fraction of sp³-hybridized carbons (Fsp3) is 0.667. The fourth-order valence-electron chi connectivity index (χ4n) is 2.42. The van der Waals surface area contributed by atoms with Crippen molar-refractivity contribution < 1.29 is 29.0 Å². The summed E-state index contributed by atoms with van der Waals surface area (Å²) in [5.41, 5.74) is 0. The number of rotatable bonds is 8. The maximum absolute atomic E-state index is 11.9. The topological polar surface area (TPSA) is 89.9 Å². The van der Waals surface area contributed by atoms with Gasteiger partial charge in [0.2, 0.25) is 0 Å². The van der Waals surface area contributed by atoms with Crippen molar-refractivity contribution in [3.05, 3.63) is 12.7 Å². The van der Waals surface area contributed by atoms with E-state index in [0.717, 1.165) is 18.9 Å². The maximum Gasteiger partial charge on any atom is 0.330 e. The summed E-state index contributed by atoms with van der Waals surface area (Å²) in [6, 6.07) is 0. The zero-order valence-electron chi connectivity index (χ0n) is 12.1. The molecule has 0 spiro atoms. The summed E-state index contributed by atoms with van der Waals surface area (Å²) in [6.07, 6.45) is 5.06. The van der Waals surface area contributed by atoms with Gasteiger partial charge in [0.15, 0.2) is 0 Å². The summed E-state index contributed by atoms with van der Waals surface area (Å²) in [6.45, 7) is 3.75. The third-order valence-corrected chi connectivity index (χ3v) is 3.58. The number of carbonyl (C=O) groups excluding carboxylic acids is 2. The van der Waals surface area contributed by atoms with Crippen molar-refractivity contribution in [3.8, 4) is 0 Å². The molecule has 118 valence electrons. The highest BCUT2D eigenvalue weighted by atomic mass is 16.5. The van der Waals surface area contributed by atoms with E-state index in [1.807, 2.05) is 0 Å². The predicted octanol–water partition coefficient (Wildman–Crippen LogP) is 1.93. The van der Waals surface area contributed by atoms with E-state index in [2.05, 4.69) is 6.58 Å². The van der Waals surface area contributed by atoms with Crippen LogP contribution in [0.2, 0.25) is 0 Å². The third kappa shape index (κ3) is 5.97. The third-order valence-electron chi connectivity index (χ3n) is 3.58. The Balaban J connectivity index is 2.21. The molecule has 1 fully saturated rings. The second-order valence-electron chi connectivity index (χ2n) is 5.08. The van der Waals surface area contributed by atoms with Crippen molar-refractivity contribution in [3.63, 3.8) is 0 Å². The Hall–Kier alpha value is -1.85. The Morgan fingerprint density at radius 2 is 1.62 bits per heavy atom. The standard InChI is InChI=1S/C15H22O6/c1-2-13(16)20-9-5-6-10-21-15(19)12-8-4-3-7-11(12)14(17)18/h2,11-12H,1,3-10H2,(H,17,18). The van der Waals surface area contributed by atoms with Crippen molar-refractivity contribution >= 4 is 17.9 Å². The number of hydrogen-bond acceptors (Lipinski definition) is 5. The normalized spacial score (nSPS) is 21.3. The largest absolute Gasteiger partial charge is 0.481 e. The number of hydrogen-bond donors (Lipinski definition) is 1. The van der Waals surface area contributed by atoms with Gasteiger partial charge in [-0.25, -0.2) is 4.79 Å². The molecule has 2 unspecified atom stereocenters. The van der Waals surface area contributed by atoms with E-state index in [9.17, 15) is 14.4 Å². The number of aliphatic carboxylic acids is 1. The van der Waals surface area contributed by atoms with E-state index in [-0.39, 0.29) is 13.2 Å². The molecule has 0 aliphatic heterocycles. The quantitative estimate of drug-likeness (QED) is 0.418. The fourth-order valence-corrected chi connectivity index (χ4v) is 2.42. The first-order valence-corrected chi connectivity index (χ1v) is 7.25. The van der Waals surface area contributed by atoms with Gasteiger partial charge >= 0.3 is 17.9 Å². The molecular weight excluding hydrogens is 276 g/mol. The Morgan fingerprint density at radius 3 is 2.19 bits per heavy atom. The van der Waals surface area contributed by atoms with Gasteiger partial charge in [0.25, 0.3) is 0 Å². The predicted molar refractivity (Wildman–Crippen MR) is 74.4 cm³/mol. The average Bonchev–Trinajstić information content (AvgIpc) is 2.50. The van der Waals surface area contributed by atoms with E-state index >= 15 is 0 Å². The van der Waals surface area contributed by atoms with Gasteiger partial charge in [-0.3, -0.25) is 9.59 Å². The Bertz CT molecular complexity index is 390. The number of ether oxygens (including phenoxy) is 2. The van der Waals surface area contributed by atoms with Crippen molar-refractivity contribution in [2.45, 2.75) is 38.5 Å². The van der Waals surface area contributed by atoms with Crippen LogP contribution in [0.3, 0.4) is 0 Å². The van der Waals surface area contributed by atoms with Gasteiger partial charge in [-0.1, -0.05) is 19.4 Å². The van der Waals surface area contributed by atoms with Crippen molar-refractivity contribution in [1.82, 2.24) is 0 Å². The van der Waals surface area contributed by atoms with Crippen LogP contribution >= 0.6 is 0 Å². The molecule has 6 heteroatoms. The van der Waals surface area contributed by atoms with Gasteiger partial charge in [0.05, 0.1) is 25.0 Å². The molecular formula is C15H22O6. The number of carboxylic acids is 1. The zero-order chi connectivity index (χ0) is 15.7. The molecule has 1 N–H and O–H groups in total. The molecule has 0 aromatic rings. The van der Waals surface area contributed by atoms with Crippen LogP contribution in [0.1, 0.15) is 38.5 Å². The van der Waals surface area contributed by atoms with Crippen LogP contribution in [0.15, 0.2) is 12.7 Å². The first-order chi connectivity index (χ1) is 10.1. The molecule has 2 atom stereocenters. The second kappa shape index (κ2) is 9.15. The van der Waals surface area contributed by atoms with Crippen LogP contribution in [-0.2, 0) is 23.9 Å². The number of esters is 2. The highest BCUT2D eigenvalue weighted by Crippen LogP contribution is 2.31. The van der Waals surface area contributed by atoms with Crippen LogP contribution in [0.25, 0.3) is 0 Å². The molecule has 0 aromatic carbocycles. The Labute approximate surface area is 124 Å². The molecule has 21 heavy (non-hydrogen) atoms. The van der Waals surface area contributed by atoms with Gasteiger partial charge in [0.1, 0.15) is 0 Å². The summed E-state index contributed by atoms with van der Waals surface area (Å²) in [5.74, 6) is -2.98. The average molecular weight is 298 g/mol. The first-order valence-electron chi connectivity index (χ1n) is 7.25. The highest BCUT2D eigenvalue weighted by molar-refractivity contribution is 5.81. The summed E-state index contributed by atoms with van der Waals surface area (Å²) in [7, 11) is 0. The lowest BCUT2D eigenvalue weighted by Gasteiger charge is -2.26. The molecule has 1 aliphatic rings. The van der Waals surface area contributed by atoms with E-state index in [4.69, 9.17) is 14.6 Å². The van der Waals surface area contributed by atoms with E-state index in [1.54, 1.807) is 0 Å². The first kappa shape index (κ1) is 17.2. The molecule has 1 saturated carbocycles. The maximum atomic E-state index is 11.9. The van der Waals surface area contributed by atoms with Crippen LogP contribution in [-0.4, -0.2) is 36.2 Å². The minimum atomic E-state index is -0.923. The van der Waals surface area contributed by atoms with E-state index in [0.29, 0.717) is 25.7 Å². The smallest absolute Gasteiger partial charge is 0.330 e. The lowest BCUT2D eigenvalue weighted by molar-refractivity contribution is -0.159. The summed E-state index contributed by atoms with van der Waals surface area (Å²) in [4.78, 5) is 33.8. The monoisotopic (exact) mass is 298 g/mol. The molecule has 0 aromatic heterocycles. The van der Waals surface area contributed by atoms with Crippen LogP contribution < -0.4 is 0 Å². The van der Waals surface area contributed by atoms with E-state index in [1.165, 1.54) is 0 Å². The summed E-state index contributed by atoms with van der Waals surface area (Å²) < 4.78 is 9.92. The highest BCUT2D eigenvalue weighted by Gasteiger charge is 2.36.